The van der Waals surface area contributed by atoms with Crippen molar-refractivity contribution in [3.8, 4) is 0 Å². The van der Waals surface area contributed by atoms with E-state index in [9.17, 15) is 0 Å². The highest BCUT2D eigenvalue weighted by atomic mass is 79.9. The molecule has 0 aromatic heterocycles. The van der Waals surface area contributed by atoms with Crippen LogP contribution in [0.4, 0.5) is 5.69 Å². The summed E-state index contributed by atoms with van der Waals surface area (Å²) in [6.45, 7) is 1.97. The first kappa shape index (κ1) is 9.55. The zero-order valence-electron chi connectivity index (χ0n) is 7.05. The lowest BCUT2D eigenvalue weighted by atomic mass is 10.1. The highest BCUT2D eigenvalue weighted by Gasteiger charge is 2.05. The van der Waals surface area contributed by atoms with Crippen molar-refractivity contribution in [3.63, 3.8) is 0 Å². The standard InChI is InChI=1S/C9H13BrN2/c1-6(11)5-7-8(10)3-2-4-9(7)12/h2-4,6H,5,11-12H2,1H3. The lowest BCUT2D eigenvalue weighted by Gasteiger charge is -2.09. The number of halogens is 1. The molecule has 0 saturated heterocycles. The fourth-order valence-corrected chi connectivity index (χ4v) is 1.66. The van der Waals surface area contributed by atoms with E-state index >= 15 is 0 Å². The van der Waals surface area contributed by atoms with Gasteiger partial charge in [0.2, 0.25) is 0 Å². The minimum Gasteiger partial charge on any atom is -0.398 e. The molecule has 0 aliphatic heterocycles. The Kier molecular flexibility index (Phi) is 3.12. The minimum absolute atomic E-state index is 0.144. The first-order chi connectivity index (χ1) is 5.61. The number of rotatable bonds is 2. The molecule has 0 bridgehead atoms. The molecule has 0 spiro atoms. The molecule has 0 radical (unpaired) electrons. The highest BCUT2D eigenvalue weighted by molar-refractivity contribution is 9.10. The lowest BCUT2D eigenvalue weighted by molar-refractivity contribution is 0.737. The predicted octanol–water partition coefficient (Wildman–Crippen LogP) is 1.92. The van der Waals surface area contributed by atoms with Crippen LogP contribution in [-0.4, -0.2) is 6.04 Å². The fourth-order valence-electron chi connectivity index (χ4n) is 1.11. The molecule has 12 heavy (non-hydrogen) atoms. The third-order valence-corrected chi connectivity index (χ3v) is 2.42. The summed E-state index contributed by atoms with van der Waals surface area (Å²) < 4.78 is 1.04. The second kappa shape index (κ2) is 3.92. The summed E-state index contributed by atoms with van der Waals surface area (Å²) in [4.78, 5) is 0. The third kappa shape index (κ3) is 2.22. The van der Waals surface area contributed by atoms with Gasteiger partial charge in [-0.25, -0.2) is 0 Å². The maximum Gasteiger partial charge on any atom is 0.0358 e. The van der Waals surface area contributed by atoms with Crippen molar-refractivity contribution in [2.45, 2.75) is 19.4 Å². The summed E-state index contributed by atoms with van der Waals surface area (Å²) in [5.74, 6) is 0. The zero-order valence-corrected chi connectivity index (χ0v) is 8.64. The van der Waals surface area contributed by atoms with Gasteiger partial charge in [-0.3, -0.25) is 0 Å². The number of benzene rings is 1. The van der Waals surface area contributed by atoms with Crippen molar-refractivity contribution < 1.29 is 0 Å². The van der Waals surface area contributed by atoms with Gasteiger partial charge in [-0.15, -0.1) is 0 Å². The summed E-state index contributed by atoms with van der Waals surface area (Å²) in [6, 6.07) is 5.94. The van der Waals surface area contributed by atoms with E-state index < -0.39 is 0 Å². The van der Waals surface area contributed by atoms with Crippen LogP contribution in [0, 0.1) is 0 Å². The molecular formula is C9H13BrN2. The molecule has 0 heterocycles. The van der Waals surface area contributed by atoms with E-state index in [2.05, 4.69) is 15.9 Å². The SMILES string of the molecule is CC(N)Cc1c(N)cccc1Br. The smallest absolute Gasteiger partial charge is 0.0358 e. The van der Waals surface area contributed by atoms with E-state index in [1.165, 1.54) is 0 Å². The van der Waals surface area contributed by atoms with Gasteiger partial charge in [-0.05, 0) is 31.0 Å². The molecule has 0 aliphatic carbocycles. The molecule has 1 atom stereocenters. The monoisotopic (exact) mass is 228 g/mol. The van der Waals surface area contributed by atoms with Crippen LogP contribution in [0.15, 0.2) is 22.7 Å². The Balaban J connectivity index is 2.96. The van der Waals surface area contributed by atoms with E-state index in [1.807, 2.05) is 25.1 Å². The Bertz CT molecular complexity index is 251. The van der Waals surface area contributed by atoms with E-state index in [-0.39, 0.29) is 6.04 Å². The fraction of sp³-hybridized carbons (Fsp3) is 0.333. The van der Waals surface area contributed by atoms with Crippen LogP contribution in [0.3, 0.4) is 0 Å². The van der Waals surface area contributed by atoms with Gasteiger partial charge in [-0.1, -0.05) is 22.0 Å². The molecule has 1 rings (SSSR count). The predicted molar refractivity (Wildman–Crippen MR) is 55.9 cm³/mol. The Morgan fingerprint density at radius 2 is 2.17 bits per heavy atom. The van der Waals surface area contributed by atoms with Crippen molar-refractivity contribution in [3.05, 3.63) is 28.2 Å². The molecule has 4 N–H and O–H groups in total. The molecule has 3 heteroatoms. The van der Waals surface area contributed by atoms with Gasteiger partial charge in [0, 0.05) is 16.2 Å². The quantitative estimate of drug-likeness (QED) is 0.761. The number of nitrogens with two attached hydrogens (primary N) is 2. The Hall–Kier alpha value is -0.540. The first-order valence-electron chi connectivity index (χ1n) is 3.89. The van der Waals surface area contributed by atoms with Crippen LogP contribution in [-0.2, 0) is 6.42 Å². The molecule has 1 aromatic carbocycles. The molecule has 1 unspecified atom stereocenters. The number of hydrogen-bond acceptors (Lipinski definition) is 2. The van der Waals surface area contributed by atoms with Crippen molar-refractivity contribution in [2.24, 2.45) is 5.73 Å². The van der Waals surface area contributed by atoms with Crippen molar-refractivity contribution in [1.82, 2.24) is 0 Å². The Labute approximate surface area is 81.1 Å². The van der Waals surface area contributed by atoms with Crippen LogP contribution in [0.1, 0.15) is 12.5 Å². The van der Waals surface area contributed by atoms with Crippen LogP contribution in [0.2, 0.25) is 0 Å². The second-order valence-corrected chi connectivity index (χ2v) is 3.84. The second-order valence-electron chi connectivity index (χ2n) is 2.99. The average molecular weight is 229 g/mol. The number of anilines is 1. The van der Waals surface area contributed by atoms with Gasteiger partial charge >= 0.3 is 0 Å². The normalized spacial score (nSPS) is 12.9. The van der Waals surface area contributed by atoms with Crippen molar-refractivity contribution >= 4 is 21.6 Å². The minimum atomic E-state index is 0.144. The highest BCUT2D eigenvalue weighted by Crippen LogP contribution is 2.23. The molecule has 0 saturated carbocycles. The molecule has 0 amide bonds. The van der Waals surface area contributed by atoms with Gasteiger partial charge in [0.25, 0.3) is 0 Å². The van der Waals surface area contributed by atoms with E-state index in [4.69, 9.17) is 11.5 Å². The van der Waals surface area contributed by atoms with E-state index in [0.29, 0.717) is 0 Å². The van der Waals surface area contributed by atoms with Gasteiger partial charge in [0.15, 0.2) is 0 Å². The Morgan fingerprint density at radius 3 is 2.67 bits per heavy atom. The van der Waals surface area contributed by atoms with Crippen molar-refractivity contribution in [2.75, 3.05) is 5.73 Å². The first-order valence-corrected chi connectivity index (χ1v) is 4.69. The molecule has 0 aliphatic rings. The summed E-state index contributed by atoms with van der Waals surface area (Å²) in [5, 5.41) is 0. The van der Waals surface area contributed by atoms with Crippen molar-refractivity contribution in [1.29, 1.82) is 0 Å². The van der Waals surface area contributed by atoms with Gasteiger partial charge in [-0.2, -0.15) is 0 Å². The Morgan fingerprint density at radius 1 is 1.50 bits per heavy atom. The molecule has 1 aromatic rings. The zero-order chi connectivity index (χ0) is 9.14. The maximum absolute atomic E-state index is 5.78. The number of nitrogen functional groups attached to an aromatic ring is 1. The van der Waals surface area contributed by atoms with Crippen LogP contribution in [0.25, 0.3) is 0 Å². The van der Waals surface area contributed by atoms with Crippen LogP contribution >= 0.6 is 15.9 Å². The molecule has 0 fully saturated rings. The van der Waals surface area contributed by atoms with E-state index in [1.54, 1.807) is 0 Å². The van der Waals surface area contributed by atoms with Crippen LogP contribution in [0.5, 0.6) is 0 Å². The maximum atomic E-state index is 5.78. The van der Waals surface area contributed by atoms with E-state index in [0.717, 1.165) is 22.1 Å². The molecular weight excluding hydrogens is 216 g/mol. The average Bonchev–Trinajstić information content (AvgIpc) is 1.97. The van der Waals surface area contributed by atoms with Gasteiger partial charge in [0.05, 0.1) is 0 Å². The molecule has 66 valence electrons. The summed E-state index contributed by atoms with van der Waals surface area (Å²) in [5.41, 5.74) is 13.4. The topological polar surface area (TPSA) is 52.0 Å². The summed E-state index contributed by atoms with van der Waals surface area (Å²) in [7, 11) is 0. The summed E-state index contributed by atoms with van der Waals surface area (Å²) >= 11 is 3.44. The largest absolute Gasteiger partial charge is 0.398 e. The van der Waals surface area contributed by atoms with Gasteiger partial charge < -0.3 is 11.5 Å². The summed E-state index contributed by atoms with van der Waals surface area (Å²) in [6.07, 6.45) is 0.813. The van der Waals surface area contributed by atoms with Gasteiger partial charge in [0.1, 0.15) is 0 Å². The third-order valence-electron chi connectivity index (χ3n) is 1.68. The molecule has 2 nitrogen and oxygen atoms in total. The lowest BCUT2D eigenvalue weighted by Crippen LogP contribution is -2.18. The van der Waals surface area contributed by atoms with Crippen LogP contribution < -0.4 is 11.5 Å². The number of hydrogen-bond donors (Lipinski definition) is 2.